The topological polar surface area (TPSA) is 65.4 Å². The average molecular weight is 508 g/mol. The van der Waals surface area contributed by atoms with Crippen LogP contribution in [0, 0.1) is 17.7 Å². The lowest BCUT2D eigenvalue weighted by Crippen LogP contribution is -2.36. The molecule has 1 fully saturated rings. The maximum Gasteiger partial charge on any atom is 0.431 e. The molecule has 0 spiro atoms. The minimum Gasteiger partial charge on any atom is -0.497 e. The number of hydrazone groups is 1. The Bertz CT molecular complexity index is 1110. The summed E-state index contributed by atoms with van der Waals surface area (Å²) < 4.78 is 59.7. The maximum atomic E-state index is 14.3. The van der Waals surface area contributed by atoms with Crippen LogP contribution >= 0.6 is 0 Å². The van der Waals surface area contributed by atoms with Crippen molar-refractivity contribution in [2.24, 2.45) is 16.9 Å². The van der Waals surface area contributed by atoms with Gasteiger partial charge in [0.25, 0.3) is 0 Å². The lowest BCUT2D eigenvalue weighted by Gasteiger charge is -2.34. The average Bonchev–Trinajstić information content (AvgIpc) is 3.16. The molecule has 2 aliphatic heterocycles. The number of carboxylic acid groups (broad SMARTS) is 1. The molecular weight excluding hydrogens is 478 g/mol. The Morgan fingerprint density at radius 1 is 1.14 bits per heavy atom. The summed E-state index contributed by atoms with van der Waals surface area (Å²) in [4.78, 5) is 13.3. The quantitative estimate of drug-likeness (QED) is 0.501. The van der Waals surface area contributed by atoms with Gasteiger partial charge in [0.05, 0.1) is 30.9 Å². The number of alkyl halides is 3. The molecule has 194 valence electrons. The number of hydrogen-bond acceptors (Lipinski definition) is 5. The summed E-state index contributed by atoms with van der Waals surface area (Å²) in [5.74, 6) is -1.51. The fraction of sp³-hybridized carbons (Fsp3) is 0.462. The Morgan fingerprint density at radius 3 is 2.39 bits per heavy atom. The van der Waals surface area contributed by atoms with E-state index in [1.54, 1.807) is 31.4 Å². The number of carbonyl (C=O) groups is 1. The molecule has 10 heteroatoms. The van der Waals surface area contributed by atoms with Crippen LogP contribution in [0.1, 0.15) is 31.7 Å². The van der Waals surface area contributed by atoms with Crippen LogP contribution < -0.4 is 14.6 Å². The van der Waals surface area contributed by atoms with E-state index in [1.807, 2.05) is 17.0 Å². The number of piperidine rings is 1. The molecule has 2 aliphatic rings. The molecular formula is C26H29F4N3O3. The highest BCUT2D eigenvalue weighted by Crippen LogP contribution is 2.37. The van der Waals surface area contributed by atoms with Crippen LogP contribution in [-0.2, 0) is 11.2 Å². The van der Waals surface area contributed by atoms with Crippen molar-refractivity contribution in [2.45, 2.75) is 44.8 Å². The molecule has 2 heterocycles. The first kappa shape index (κ1) is 25.8. The first-order valence-electron chi connectivity index (χ1n) is 11.9. The van der Waals surface area contributed by atoms with Crippen molar-refractivity contribution < 1.29 is 32.2 Å². The van der Waals surface area contributed by atoms with Gasteiger partial charge >= 0.3 is 12.1 Å². The summed E-state index contributed by atoms with van der Waals surface area (Å²) in [5.41, 5.74) is 1.04. The molecule has 1 N–H and O–H groups in total. The van der Waals surface area contributed by atoms with E-state index in [4.69, 9.17) is 4.74 Å². The summed E-state index contributed by atoms with van der Waals surface area (Å²) in [7, 11) is 1.55. The second-order valence-corrected chi connectivity index (χ2v) is 9.40. The number of halogens is 4. The summed E-state index contributed by atoms with van der Waals surface area (Å²) in [6.45, 7) is 2.78. The minimum absolute atomic E-state index is 0.279. The Hall–Kier alpha value is -3.30. The van der Waals surface area contributed by atoms with Crippen molar-refractivity contribution >= 4 is 23.1 Å². The SMILES string of the molecule is COc1ccc(F)c(N2CCC(Cc3ccc(N4N=C(C(F)(F)F)[C@@H](C)[C@@H]4CC(=O)O)cc3)CC2)c1. The maximum absolute atomic E-state index is 14.3. The van der Waals surface area contributed by atoms with Crippen molar-refractivity contribution in [1.82, 2.24) is 0 Å². The fourth-order valence-electron chi connectivity index (χ4n) is 5.04. The molecule has 36 heavy (non-hydrogen) atoms. The number of methoxy groups -OCH3 is 1. The molecule has 2 aromatic rings. The number of carboxylic acids is 1. The second kappa shape index (κ2) is 10.4. The highest BCUT2D eigenvalue weighted by atomic mass is 19.4. The molecule has 0 bridgehead atoms. The van der Waals surface area contributed by atoms with Gasteiger partial charge in [0.15, 0.2) is 0 Å². The van der Waals surface area contributed by atoms with Crippen molar-refractivity contribution in [3.05, 3.63) is 53.8 Å². The van der Waals surface area contributed by atoms with Crippen LogP contribution in [0.25, 0.3) is 0 Å². The fourth-order valence-corrected chi connectivity index (χ4v) is 5.04. The van der Waals surface area contributed by atoms with Crippen LogP contribution in [0.4, 0.5) is 28.9 Å². The minimum atomic E-state index is -4.62. The molecule has 0 radical (unpaired) electrons. The third-order valence-electron chi connectivity index (χ3n) is 7.05. The molecule has 2 atom stereocenters. The number of benzene rings is 2. The van der Waals surface area contributed by atoms with Gasteiger partial charge in [0.2, 0.25) is 0 Å². The van der Waals surface area contributed by atoms with Gasteiger partial charge < -0.3 is 14.7 Å². The van der Waals surface area contributed by atoms with E-state index in [0.717, 1.165) is 24.8 Å². The van der Waals surface area contributed by atoms with Crippen molar-refractivity contribution in [2.75, 3.05) is 30.1 Å². The van der Waals surface area contributed by atoms with Gasteiger partial charge in [-0.1, -0.05) is 19.1 Å². The van der Waals surface area contributed by atoms with Gasteiger partial charge in [-0.2, -0.15) is 18.3 Å². The van der Waals surface area contributed by atoms with Crippen molar-refractivity contribution in [1.29, 1.82) is 0 Å². The van der Waals surface area contributed by atoms with Crippen LogP contribution in [0.3, 0.4) is 0 Å². The second-order valence-electron chi connectivity index (χ2n) is 9.40. The smallest absolute Gasteiger partial charge is 0.431 e. The number of aliphatic carboxylic acids is 1. The summed E-state index contributed by atoms with van der Waals surface area (Å²) in [5, 5.41) is 14.2. The van der Waals surface area contributed by atoms with Gasteiger partial charge in [-0.05, 0) is 55.0 Å². The Morgan fingerprint density at radius 2 is 1.81 bits per heavy atom. The van der Waals surface area contributed by atoms with Gasteiger partial charge in [0, 0.05) is 25.1 Å². The lowest BCUT2D eigenvalue weighted by atomic mass is 9.89. The molecule has 0 unspecified atom stereocenters. The molecule has 6 nitrogen and oxygen atoms in total. The first-order chi connectivity index (χ1) is 17.1. The highest BCUT2D eigenvalue weighted by Gasteiger charge is 2.48. The number of anilines is 2. The van der Waals surface area contributed by atoms with E-state index in [-0.39, 0.29) is 5.82 Å². The zero-order valence-corrected chi connectivity index (χ0v) is 20.1. The molecule has 0 aliphatic carbocycles. The van der Waals surface area contributed by atoms with Gasteiger partial charge in [0.1, 0.15) is 17.3 Å². The van der Waals surface area contributed by atoms with Crippen molar-refractivity contribution in [3.8, 4) is 5.75 Å². The number of rotatable bonds is 7. The van der Waals surface area contributed by atoms with Crippen LogP contribution in [0.5, 0.6) is 5.75 Å². The van der Waals surface area contributed by atoms with Gasteiger partial charge in [-0.15, -0.1) is 0 Å². The molecule has 0 aromatic heterocycles. The van der Waals surface area contributed by atoms with Crippen LogP contribution in [-0.4, -0.2) is 49.2 Å². The third-order valence-corrected chi connectivity index (χ3v) is 7.05. The molecule has 0 amide bonds. The van der Waals surface area contributed by atoms with Crippen LogP contribution in [0.15, 0.2) is 47.6 Å². The van der Waals surface area contributed by atoms with Gasteiger partial charge in [-0.3, -0.25) is 9.80 Å². The molecule has 0 saturated carbocycles. The summed E-state index contributed by atoms with van der Waals surface area (Å²) >= 11 is 0. The van der Waals surface area contributed by atoms with E-state index in [1.165, 1.54) is 18.0 Å². The Kier molecular flexibility index (Phi) is 7.42. The monoisotopic (exact) mass is 507 g/mol. The number of ether oxygens (including phenoxy) is 1. The zero-order chi connectivity index (χ0) is 26.0. The Balaban J connectivity index is 1.41. The number of nitrogens with zero attached hydrogens (tertiary/aromatic N) is 3. The largest absolute Gasteiger partial charge is 0.497 e. The van der Waals surface area contributed by atoms with Crippen molar-refractivity contribution in [3.63, 3.8) is 0 Å². The normalized spacial score (nSPS) is 21.0. The lowest BCUT2D eigenvalue weighted by molar-refractivity contribution is -0.137. The standard InChI is InChI=1S/C26H29F4N3O3/c1-16-22(15-24(34)35)33(31-25(16)26(28,29)30)19-5-3-17(4-6-19)13-18-9-11-32(12-10-18)23-14-20(36-2)7-8-21(23)27/h3-8,14,16,18,22H,9-13,15H2,1-2H3,(H,34,35)/t16-,22-/m0/s1. The zero-order valence-electron chi connectivity index (χ0n) is 20.1. The number of hydrogen-bond donors (Lipinski definition) is 1. The van der Waals surface area contributed by atoms with E-state index in [9.17, 15) is 27.5 Å². The molecule has 4 rings (SSSR count). The third kappa shape index (κ3) is 5.57. The molecule has 1 saturated heterocycles. The van der Waals surface area contributed by atoms with E-state index >= 15 is 0 Å². The van der Waals surface area contributed by atoms with E-state index < -0.39 is 36.2 Å². The van der Waals surface area contributed by atoms with Gasteiger partial charge in [-0.25, -0.2) is 4.39 Å². The Labute approximate surface area is 207 Å². The summed E-state index contributed by atoms with van der Waals surface area (Å²) in [6.07, 6.45) is -2.52. The van der Waals surface area contributed by atoms with E-state index in [2.05, 4.69) is 5.10 Å². The highest BCUT2D eigenvalue weighted by molar-refractivity contribution is 5.95. The van der Waals surface area contributed by atoms with Crippen LogP contribution in [0.2, 0.25) is 0 Å². The first-order valence-corrected chi connectivity index (χ1v) is 11.9. The molecule has 2 aromatic carbocycles. The summed E-state index contributed by atoms with van der Waals surface area (Å²) in [6, 6.07) is 10.9. The predicted octanol–water partition coefficient (Wildman–Crippen LogP) is 5.51. The predicted molar refractivity (Wildman–Crippen MR) is 129 cm³/mol. The van der Waals surface area contributed by atoms with E-state index in [0.29, 0.717) is 36.1 Å².